The lowest BCUT2D eigenvalue weighted by Gasteiger charge is -2.32. The van der Waals surface area contributed by atoms with Gasteiger partial charge in [-0.25, -0.2) is 13.1 Å². The lowest BCUT2D eigenvalue weighted by molar-refractivity contribution is -0.0211. The summed E-state index contributed by atoms with van der Waals surface area (Å²) < 4.78 is 40.0. The molecule has 1 aromatic carbocycles. The molecule has 1 aromatic rings. The van der Waals surface area contributed by atoms with E-state index in [4.69, 9.17) is 9.47 Å². The van der Waals surface area contributed by atoms with Gasteiger partial charge in [0.1, 0.15) is 5.75 Å². The third-order valence-corrected chi connectivity index (χ3v) is 6.48. The van der Waals surface area contributed by atoms with Crippen LogP contribution in [-0.2, 0) is 14.8 Å². The maximum Gasteiger partial charge on any atom is 0.241 e. The second-order valence-corrected chi connectivity index (χ2v) is 9.19. The molecule has 2 rings (SSSR count). The highest BCUT2D eigenvalue weighted by atomic mass is 32.2. The molecule has 0 spiro atoms. The Morgan fingerprint density at radius 1 is 1.24 bits per heavy atom. The minimum Gasteiger partial charge on any atom is -0.496 e. The fraction of sp³-hybridized carbons (Fsp3) is 0.684. The van der Waals surface area contributed by atoms with Crippen molar-refractivity contribution in [2.75, 3.05) is 13.7 Å². The van der Waals surface area contributed by atoms with Gasteiger partial charge in [0.25, 0.3) is 0 Å². The summed E-state index contributed by atoms with van der Waals surface area (Å²) in [6.07, 6.45) is 1.52. The van der Waals surface area contributed by atoms with Crippen LogP contribution in [0.1, 0.15) is 57.6 Å². The van der Waals surface area contributed by atoms with Crippen molar-refractivity contribution in [2.24, 2.45) is 5.92 Å². The highest BCUT2D eigenvalue weighted by Gasteiger charge is 2.29. The van der Waals surface area contributed by atoms with Gasteiger partial charge in [0.15, 0.2) is 0 Å². The van der Waals surface area contributed by atoms with Crippen LogP contribution in [0, 0.1) is 12.8 Å². The van der Waals surface area contributed by atoms with Gasteiger partial charge < -0.3 is 9.47 Å². The molecule has 25 heavy (non-hydrogen) atoms. The van der Waals surface area contributed by atoms with Gasteiger partial charge in [-0.15, -0.1) is 0 Å². The molecular formula is C19H31NO4S. The number of sulfonamides is 1. The third kappa shape index (κ3) is 4.74. The molecule has 0 radical (unpaired) electrons. The van der Waals surface area contributed by atoms with Crippen LogP contribution in [0.4, 0.5) is 0 Å². The molecule has 2 atom stereocenters. The summed E-state index contributed by atoms with van der Waals surface area (Å²) in [6.45, 7) is 10.7. The first kappa shape index (κ1) is 20.2. The Bertz CT molecular complexity index is 698. The second kappa shape index (κ2) is 8.06. The summed E-state index contributed by atoms with van der Waals surface area (Å²) in [5, 5.41) is 0. The average molecular weight is 370 g/mol. The zero-order chi connectivity index (χ0) is 18.8. The first-order valence-electron chi connectivity index (χ1n) is 8.98. The third-order valence-electron chi connectivity index (χ3n) is 4.82. The Kier molecular flexibility index (Phi) is 6.51. The lowest BCUT2D eigenvalue weighted by Crippen LogP contribution is -2.43. The van der Waals surface area contributed by atoms with Crippen molar-refractivity contribution in [1.82, 2.24) is 4.72 Å². The van der Waals surface area contributed by atoms with Crippen LogP contribution in [0.3, 0.4) is 0 Å². The largest absolute Gasteiger partial charge is 0.496 e. The number of nitrogens with one attached hydrogen (secondary N) is 1. The van der Waals surface area contributed by atoms with Gasteiger partial charge in [-0.2, -0.15) is 0 Å². The molecule has 0 saturated carbocycles. The van der Waals surface area contributed by atoms with Gasteiger partial charge in [-0.05, 0) is 54.9 Å². The average Bonchev–Trinajstić information content (AvgIpc) is 2.53. The Balaban J connectivity index is 2.28. The molecule has 0 amide bonds. The van der Waals surface area contributed by atoms with Crippen molar-refractivity contribution in [1.29, 1.82) is 0 Å². The summed E-state index contributed by atoms with van der Waals surface area (Å²) >= 11 is 0. The zero-order valence-electron chi connectivity index (χ0n) is 16.1. The van der Waals surface area contributed by atoms with Gasteiger partial charge in [0.2, 0.25) is 10.0 Å². The van der Waals surface area contributed by atoms with Crippen LogP contribution < -0.4 is 9.46 Å². The summed E-state index contributed by atoms with van der Waals surface area (Å²) in [4.78, 5) is 0.338. The van der Waals surface area contributed by atoms with Crippen LogP contribution in [0.25, 0.3) is 0 Å². The van der Waals surface area contributed by atoms with E-state index >= 15 is 0 Å². The van der Waals surface area contributed by atoms with Gasteiger partial charge in [0.05, 0.1) is 18.1 Å². The second-order valence-electron chi connectivity index (χ2n) is 7.51. The number of methoxy groups -OCH3 is 1. The van der Waals surface area contributed by atoms with E-state index in [9.17, 15) is 8.42 Å². The van der Waals surface area contributed by atoms with Crippen LogP contribution in [-0.4, -0.2) is 34.3 Å². The molecule has 1 N–H and O–H groups in total. The van der Waals surface area contributed by atoms with Crippen molar-refractivity contribution in [3.63, 3.8) is 0 Å². The minimum absolute atomic E-state index is 0.0878. The Labute approximate surface area is 152 Å². The van der Waals surface area contributed by atoms with E-state index < -0.39 is 10.0 Å². The highest BCUT2D eigenvalue weighted by molar-refractivity contribution is 7.89. The Morgan fingerprint density at radius 3 is 2.48 bits per heavy atom. The zero-order valence-corrected chi connectivity index (χ0v) is 16.9. The summed E-state index contributed by atoms with van der Waals surface area (Å²) in [5.41, 5.74) is 1.60. The molecule has 0 aliphatic carbocycles. The van der Waals surface area contributed by atoms with Crippen molar-refractivity contribution in [2.45, 2.75) is 70.4 Å². The monoisotopic (exact) mass is 369 g/mol. The molecule has 1 heterocycles. The summed E-state index contributed by atoms with van der Waals surface area (Å²) in [6, 6.07) is 3.47. The van der Waals surface area contributed by atoms with E-state index in [1.807, 2.05) is 26.8 Å². The molecule has 2 unspecified atom stereocenters. The van der Waals surface area contributed by atoms with Gasteiger partial charge >= 0.3 is 0 Å². The Hall–Kier alpha value is -1.11. The molecular weight excluding hydrogens is 338 g/mol. The topological polar surface area (TPSA) is 64.6 Å². The molecule has 1 aliphatic heterocycles. The first-order valence-corrected chi connectivity index (χ1v) is 10.5. The SMILES string of the molecule is COc1cc(C)c(S(=O)(=O)NC2CCOC(C(C)C)C2)cc1C(C)C. The maximum absolute atomic E-state index is 13.0. The van der Waals surface area contributed by atoms with E-state index in [0.717, 1.165) is 11.3 Å². The van der Waals surface area contributed by atoms with Crippen LogP contribution in [0.2, 0.25) is 0 Å². The van der Waals surface area contributed by atoms with E-state index in [0.29, 0.717) is 35.8 Å². The van der Waals surface area contributed by atoms with Gasteiger partial charge in [0, 0.05) is 12.6 Å². The van der Waals surface area contributed by atoms with Crippen molar-refractivity contribution in [3.8, 4) is 5.75 Å². The molecule has 1 aliphatic rings. The Morgan fingerprint density at radius 2 is 1.92 bits per heavy atom. The van der Waals surface area contributed by atoms with Crippen LogP contribution >= 0.6 is 0 Å². The van der Waals surface area contributed by atoms with Gasteiger partial charge in [-0.3, -0.25) is 0 Å². The summed E-state index contributed by atoms with van der Waals surface area (Å²) in [7, 11) is -1.97. The molecule has 1 saturated heterocycles. The van der Waals surface area contributed by atoms with E-state index in [2.05, 4.69) is 18.6 Å². The van der Waals surface area contributed by atoms with Crippen molar-refractivity contribution < 1.29 is 17.9 Å². The van der Waals surface area contributed by atoms with Crippen molar-refractivity contribution in [3.05, 3.63) is 23.3 Å². The standard InChI is InChI=1S/C19H31NO4S/c1-12(2)16-11-19(14(5)9-18(16)23-6)25(21,22)20-15-7-8-24-17(10-15)13(3)4/h9,11-13,15,17,20H,7-8,10H2,1-6H3. The maximum atomic E-state index is 13.0. The first-order chi connectivity index (χ1) is 11.7. The van der Waals surface area contributed by atoms with Crippen LogP contribution in [0.15, 0.2) is 17.0 Å². The predicted molar refractivity (Wildman–Crippen MR) is 99.7 cm³/mol. The molecule has 0 aromatic heterocycles. The van der Waals surface area contributed by atoms with Crippen molar-refractivity contribution >= 4 is 10.0 Å². The van der Waals surface area contributed by atoms with Gasteiger partial charge in [-0.1, -0.05) is 27.7 Å². The van der Waals surface area contributed by atoms with E-state index in [1.165, 1.54) is 0 Å². The number of hydrogen-bond acceptors (Lipinski definition) is 4. The number of aryl methyl sites for hydroxylation is 1. The molecule has 0 bridgehead atoms. The molecule has 142 valence electrons. The molecule has 1 fully saturated rings. The molecule has 6 heteroatoms. The molecule has 5 nitrogen and oxygen atoms in total. The predicted octanol–water partition coefficient (Wildman–Crippen LogP) is 3.61. The highest BCUT2D eigenvalue weighted by Crippen LogP contribution is 2.32. The minimum atomic E-state index is -3.58. The normalized spacial score (nSPS) is 21.8. The fourth-order valence-electron chi connectivity index (χ4n) is 3.28. The number of rotatable bonds is 6. The smallest absolute Gasteiger partial charge is 0.241 e. The summed E-state index contributed by atoms with van der Waals surface area (Å²) in [5.74, 6) is 1.29. The number of benzene rings is 1. The van der Waals surface area contributed by atoms with E-state index in [-0.39, 0.29) is 18.1 Å². The lowest BCUT2D eigenvalue weighted by atomic mass is 9.96. The number of hydrogen-bond donors (Lipinski definition) is 1. The van der Waals surface area contributed by atoms with E-state index in [1.54, 1.807) is 13.2 Å². The fourth-order valence-corrected chi connectivity index (χ4v) is 4.82. The van der Waals surface area contributed by atoms with Crippen LogP contribution in [0.5, 0.6) is 5.75 Å². The quantitative estimate of drug-likeness (QED) is 0.832. The number of ether oxygens (including phenoxy) is 2.